The van der Waals surface area contributed by atoms with E-state index in [1.54, 1.807) is 0 Å². The third kappa shape index (κ3) is 4.31. The maximum absolute atomic E-state index is 13.1. The number of carbonyl (C=O) groups excluding carboxylic acids is 1. The van der Waals surface area contributed by atoms with Gasteiger partial charge in [0.2, 0.25) is 5.91 Å². The summed E-state index contributed by atoms with van der Waals surface area (Å²) >= 11 is 0. The van der Waals surface area contributed by atoms with Crippen LogP contribution >= 0.6 is 0 Å². The lowest BCUT2D eigenvalue weighted by Crippen LogP contribution is -2.52. The van der Waals surface area contributed by atoms with E-state index in [1.807, 2.05) is 29.2 Å². The molecule has 1 heterocycles. The summed E-state index contributed by atoms with van der Waals surface area (Å²) in [5.41, 5.74) is 2.48. The monoisotopic (exact) mass is 404 g/mol. The minimum Gasteiger partial charge on any atom is -0.481 e. The van der Waals surface area contributed by atoms with Gasteiger partial charge in [0.1, 0.15) is 0 Å². The van der Waals surface area contributed by atoms with Crippen LogP contribution in [0, 0.1) is 11.8 Å². The third-order valence-corrected chi connectivity index (χ3v) is 6.29. The average molecular weight is 405 g/mol. The summed E-state index contributed by atoms with van der Waals surface area (Å²) < 4.78 is 0. The molecule has 0 aromatic heterocycles. The Labute approximate surface area is 177 Å². The summed E-state index contributed by atoms with van der Waals surface area (Å²) in [4.78, 5) is 29.0. The lowest BCUT2D eigenvalue weighted by molar-refractivity contribution is -0.151. The van der Waals surface area contributed by atoms with Gasteiger partial charge >= 0.3 is 5.97 Å². The van der Waals surface area contributed by atoms with Crippen molar-refractivity contribution in [2.24, 2.45) is 11.8 Å². The lowest BCUT2D eigenvalue weighted by atomic mass is 9.82. The number of carboxylic acids is 1. The van der Waals surface area contributed by atoms with E-state index >= 15 is 0 Å². The molecule has 1 aliphatic carbocycles. The number of carboxylic acid groups (broad SMARTS) is 1. The second-order valence-electron chi connectivity index (χ2n) is 8.08. The zero-order valence-corrected chi connectivity index (χ0v) is 17.1. The van der Waals surface area contributed by atoms with Gasteiger partial charge in [0.05, 0.1) is 17.9 Å². The molecule has 30 heavy (non-hydrogen) atoms. The summed E-state index contributed by atoms with van der Waals surface area (Å²) in [6.45, 7) is 2.78. The second-order valence-corrected chi connectivity index (χ2v) is 8.08. The van der Waals surface area contributed by atoms with Crippen molar-refractivity contribution in [3.63, 3.8) is 0 Å². The van der Waals surface area contributed by atoms with Gasteiger partial charge in [0, 0.05) is 26.2 Å². The molecule has 0 saturated carbocycles. The number of allylic oxidation sites excluding steroid dienone is 2. The minimum atomic E-state index is -0.871. The van der Waals surface area contributed by atoms with Crippen molar-refractivity contribution < 1.29 is 14.7 Å². The molecule has 1 fully saturated rings. The summed E-state index contributed by atoms with van der Waals surface area (Å²) in [5.74, 6) is -1.94. The standard InChI is InChI=1S/C25H28N2O3/c28-24(21-13-7-8-14-22(21)25(29)30)27-17-15-26(16-18-27)23(19-9-3-1-4-10-19)20-11-5-2-6-12-20/h1-12,21-23H,13-18H2,(H,29,30)/t21-,22+/m0/s1. The third-order valence-electron chi connectivity index (χ3n) is 6.29. The lowest BCUT2D eigenvalue weighted by Gasteiger charge is -2.41. The Hall–Kier alpha value is -2.92. The topological polar surface area (TPSA) is 60.9 Å². The van der Waals surface area contributed by atoms with E-state index in [0.29, 0.717) is 25.9 Å². The predicted molar refractivity (Wildman–Crippen MR) is 116 cm³/mol. The van der Waals surface area contributed by atoms with E-state index in [4.69, 9.17) is 0 Å². The van der Waals surface area contributed by atoms with Gasteiger partial charge in [-0.05, 0) is 24.0 Å². The molecule has 1 saturated heterocycles. The molecule has 1 amide bonds. The second kappa shape index (κ2) is 9.26. The van der Waals surface area contributed by atoms with Crippen molar-refractivity contribution in [3.8, 4) is 0 Å². The number of nitrogens with zero attached hydrogens (tertiary/aromatic N) is 2. The van der Waals surface area contributed by atoms with Crippen LogP contribution < -0.4 is 0 Å². The molecule has 1 aliphatic heterocycles. The Kier molecular flexibility index (Phi) is 6.29. The zero-order chi connectivity index (χ0) is 20.9. The molecular formula is C25H28N2O3. The van der Waals surface area contributed by atoms with Gasteiger partial charge in [-0.15, -0.1) is 0 Å². The fourth-order valence-electron chi connectivity index (χ4n) is 4.68. The van der Waals surface area contributed by atoms with E-state index in [9.17, 15) is 14.7 Å². The van der Waals surface area contributed by atoms with E-state index in [1.165, 1.54) is 11.1 Å². The molecule has 0 bridgehead atoms. The number of hydrogen-bond acceptors (Lipinski definition) is 3. The van der Waals surface area contributed by atoms with Gasteiger partial charge in [0.25, 0.3) is 0 Å². The Bertz CT molecular complexity index is 850. The molecule has 2 aromatic rings. The maximum atomic E-state index is 13.1. The van der Waals surface area contributed by atoms with Crippen LogP contribution in [0.5, 0.6) is 0 Å². The molecule has 0 unspecified atom stereocenters. The Morgan fingerprint density at radius 1 is 0.767 bits per heavy atom. The van der Waals surface area contributed by atoms with Crippen LogP contribution in [0.3, 0.4) is 0 Å². The van der Waals surface area contributed by atoms with E-state index in [0.717, 1.165) is 13.1 Å². The van der Waals surface area contributed by atoms with Crippen molar-refractivity contribution in [1.82, 2.24) is 9.80 Å². The smallest absolute Gasteiger partial charge is 0.307 e. The number of amides is 1. The van der Waals surface area contributed by atoms with Crippen LogP contribution in [0.25, 0.3) is 0 Å². The molecule has 2 aromatic carbocycles. The molecule has 0 radical (unpaired) electrons. The van der Waals surface area contributed by atoms with Gasteiger partial charge < -0.3 is 10.0 Å². The number of benzene rings is 2. The maximum Gasteiger partial charge on any atom is 0.307 e. The van der Waals surface area contributed by atoms with Crippen molar-refractivity contribution >= 4 is 11.9 Å². The van der Waals surface area contributed by atoms with Crippen molar-refractivity contribution in [3.05, 3.63) is 83.9 Å². The Morgan fingerprint density at radius 2 is 1.27 bits per heavy atom. The highest BCUT2D eigenvalue weighted by Crippen LogP contribution is 2.31. The molecule has 2 atom stereocenters. The van der Waals surface area contributed by atoms with Crippen LogP contribution in [0.2, 0.25) is 0 Å². The van der Waals surface area contributed by atoms with E-state index < -0.39 is 17.8 Å². The largest absolute Gasteiger partial charge is 0.481 e. The van der Waals surface area contributed by atoms with Crippen LogP contribution in [-0.2, 0) is 9.59 Å². The summed E-state index contributed by atoms with van der Waals surface area (Å²) in [6.07, 6.45) is 4.78. The minimum absolute atomic E-state index is 0.0117. The van der Waals surface area contributed by atoms with Gasteiger partial charge in [-0.3, -0.25) is 14.5 Å². The van der Waals surface area contributed by atoms with E-state index in [2.05, 4.69) is 53.4 Å². The fourth-order valence-corrected chi connectivity index (χ4v) is 4.68. The van der Waals surface area contributed by atoms with Crippen LogP contribution in [-0.4, -0.2) is 53.0 Å². The quantitative estimate of drug-likeness (QED) is 0.774. The molecular weight excluding hydrogens is 376 g/mol. The van der Waals surface area contributed by atoms with Gasteiger partial charge in [0.15, 0.2) is 0 Å². The Morgan fingerprint density at radius 3 is 1.77 bits per heavy atom. The van der Waals surface area contributed by atoms with Gasteiger partial charge in [-0.25, -0.2) is 0 Å². The highest BCUT2D eigenvalue weighted by atomic mass is 16.4. The molecule has 1 N–H and O–H groups in total. The highest BCUT2D eigenvalue weighted by Gasteiger charge is 2.37. The number of aliphatic carboxylic acids is 1. The summed E-state index contributed by atoms with van der Waals surface area (Å²) in [6, 6.07) is 21.1. The number of carbonyl (C=O) groups is 2. The molecule has 0 spiro atoms. The average Bonchev–Trinajstić information content (AvgIpc) is 2.81. The highest BCUT2D eigenvalue weighted by molar-refractivity contribution is 5.85. The van der Waals surface area contributed by atoms with Crippen molar-refractivity contribution in [2.45, 2.75) is 18.9 Å². The van der Waals surface area contributed by atoms with Crippen molar-refractivity contribution in [1.29, 1.82) is 0 Å². The van der Waals surface area contributed by atoms with Crippen LogP contribution in [0.1, 0.15) is 30.0 Å². The summed E-state index contributed by atoms with van der Waals surface area (Å²) in [7, 11) is 0. The first kappa shape index (κ1) is 20.4. The molecule has 4 rings (SSSR count). The predicted octanol–water partition coefficient (Wildman–Crippen LogP) is 3.59. The fraction of sp³-hybridized carbons (Fsp3) is 0.360. The van der Waals surface area contributed by atoms with Gasteiger partial charge in [-0.2, -0.15) is 0 Å². The SMILES string of the molecule is O=C(O)[C@@H]1CC=CC[C@@H]1C(=O)N1CCN(C(c2ccccc2)c2ccccc2)CC1. The number of piperazine rings is 1. The van der Waals surface area contributed by atoms with Crippen LogP contribution in [0.4, 0.5) is 0 Å². The number of rotatable bonds is 5. The van der Waals surface area contributed by atoms with Gasteiger partial charge in [-0.1, -0.05) is 72.8 Å². The normalized spacial score (nSPS) is 22.2. The van der Waals surface area contributed by atoms with Crippen LogP contribution in [0.15, 0.2) is 72.8 Å². The summed E-state index contributed by atoms with van der Waals surface area (Å²) in [5, 5.41) is 9.51. The van der Waals surface area contributed by atoms with E-state index in [-0.39, 0.29) is 11.9 Å². The first-order valence-corrected chi connectivity index (χ1v) is 10.7. The number of hydrogen-bond donors (Lipinski definition) is 1. The van der Waals surface area contributed by atoms with Crippen molar-refractivity contribution in [2.75, 3.05) is 26.2 Å². The first-order chi connectivity index (χ1) is 14.6. The molecule has 5 heteroatoms. The zero-order valence-electron chi connectivity index (χ0n) is 17.1. The molecule has 156 valence electrons. The Balaban J connectivity index is 1.48. The molecule has 2 aliphatic rings. The molecule has 5 nitrogen and oxygen atoms in total. The first-order valence-electron chi connectivity index (χ1n) is 10.7.